The summed E-state index contributed by atoms with van der Waals surface area (Å²) in [6, 6.07) is 0. The molecule has 10 heteroatoms. The zero-order valence-corrected chi connectivity index (χ0v) is 24.5. The highest BCUT2D eigenvalue weighted by Crippen LogP contribution is 2.33. The van der Waals surface area contributed by atoms with E-state index in [0.717, 1.165) is 32.7 Å². The van der Waals surface area contributed by atoms with Gasteiger partial charge in [0.25, 0.3) is 0 Å². The van der Waals surface area contributed by atoms with Crippen LogP contribution in [0.15, 0.2) is 0 Å². The van der Waals surface area contributed by atoms with Crippen molar-refractivity contribution in [1.29, 1.82) is 0 Å². The molecule has 2 aliphatic heterocycles. The van der Waals surface area contributed by atoms with E-state index in [4.69, 9.17) is 23.7 Å². The molecule has 3 N–H and O–H groups in total. The predicted molar refractivity (Wildman–Crippen MR) is 142 cm³/mol. The van der Waals surface area contributed by atoms with Gasteiger partial charge < -0.3 is 43.9 Å². The molecule has 2 aliphatic rings. The zero-order valence-electron chi connectivity index (χ0n) is 24.5. The first kappa shape index (κ1) is 33.4. The summed E-state index contributed by atoms with van der Waals surface area (Å²) in [7, 11) is 1.54. The summed E-state index contributed by atoms with van der Waals surface area (Å²) >= 11 is 0. The number of esters is 1. The molecule has 224 valence electrons. The minimum atomic E-state index is -1.18. The zero-order chi connectivity index (χ0) is 28.5. The van der Waals surface area contributed by atoms with Gasteiger partial charge >= 0.3 is 5.97 Å². The SMILES string of the molecule is CCCN(CC[C@H](O)CC(C)[C@@H](OC1C[C@@](C)(OC)[C@@H](O)CO1)C(C)C(=O)O[C@@H](O)CC)C[C@H]1COC1C. The lowest BCUT2D eigenvalue weighted by molar-refractivity contribution is -0.273. The largest absolute Gasteiger partial charge is 0.436 e. The van der Waals surface area contributed by atoms with E-state index < -0.39 is 48.4 Å². The number of hydrogen-bond acceptors (Lipinski definition) is 10. The van der Waals surface area contributed by atoms with Crippen molar-refractivity contribution in [2.75, 3.05) is 40.0 Å². The summed E-state index contributed by atoms with van der Waals surface area (Å²) < 4.78 is 28.3. The molecule has 10 atom stereocenters. The lowest BCUT2D eigenvalue weighted by Gasteiger charge is -2.42. The van der Waals surface area contributed by atoms with Crippen molar-refractivity contribution in [3.63, 3.8) is 0 Å². The molecule has 0 aromatic rings. The second-order valence-corrected chi connectivity index (χ2v) is 11.4. The highest BCUT2D eigenvalue weighted by molar-refractivity contribution is 5.72. The fourth-order valence-corrected chi connectivity index (χ4v) is 5.17. The Morgan fingerprint density at radius 3 is 2.42 bits per heavy atom. The Kier molecular flexibility index (Phi) is 13.9. The van der Waals surface area contributed by atoms with Gasteiger partial charge in [-0.15, -0.1) is 0 Å². The van der Waals surface area contributed by atoms with Crippen LogP contribution >= 0.6 is 0 Å². The first-order chi connectivity index (χ1) is 17.9. The molecule has 4 unspecified atom stereocenters. The number of carbonyl (C=O) groups is 1. The Hall–Kier alpha value is -0.850. The van der Waals surface area contributed by atoms with Crippen LogP contribution in [0.3, 0.4) is 0 Å². The Morgan fingerprint density at radius 1 is 1.16 bits per heavy atom. The van der Waals surface area contributed by atoms with Crippen molar-refractivity contribution >= 4 is 5.97 Å². The molecule has 0 saturated carbocycles. The number of carbonyl (C=O) groups excluding carboxylic acids is 1. The number of hydrogen-bond donors (Lipinski definition) is 3. The van der Waals surface area contributed by atoms with Gasteiger partial charge in [0.2, 0.25) is 0 Å². The molecular weight excluding hydrogens is 494 g/mol. The van der Waals surface area contributed by atoms with Gasteiger partial charge in [-0.25, -0.2) is 0 Å². The smallest absolute Gasteiger partial charge is 0.313 e. The number of aliphatic hydroxyl groups is 3. The van der Waals surface area contributed by atoms with Gasteiger partial charge in [0.15, 0.2) is 12.6 Å². The molecule has 2 rings (SSSR count). The fourth-order valence-electron chi connectivity index (χ4n) is 5.17. The molecule has 0 aromatic heterocycles. The Balaban J connectivity index is 2.03. The summed E-state index contributed by atoms with van der Waals surface area (Å²) in [6.07, 6.45) is -0.957. The van der Waals surface area contributed by atoms with E-state index >= 15 is 0 Å². The van der Waals surface area contributed by atoms with E-state index in [9.17, 15) is 20.1 Å². The van der Waals surface area contributed by atoms with E-state index in [1.807, 2.05) is 6.92 Å². The first-order valence-electron chi connectivity index (χ1n) is 14.3. The van der Waals surface area contributed by atoms with E-state index in [-0.39, 0.29) is 31.5 Å². The second-order valence-electron chi connectivity index (χ2n) is 11.4. The van der Waals surface area contributed by atoms with Gasteiger partial charge in [-0.1, -0.05) is 20.8 Å². The lowest BCUT2D eigenvalue weighted by atomic mass is 9.87. The molecule has 0 aliphatic carbocycles. The number of nitrogens with zero attached hydrogens (tertiary/aromatic N) is 1. The molecule has 0 spiro atoms. The minimum absolute atomic E-state index is 0.0457. The number of ether oxygens (including phenoxy) is 5. The van der Waals surface area contributed by atoms with E-state index in [1.54, 1.807) is 20.8 Å². The van der Waals surface area contributed by atoms with Crippen LogP contribution in [0.25, 0.3) is 0 Å². The molecule has 2 saturated heterocycles. The fraction of sp³-hybridized carbons (Fsp3) is 0.964. The third-order valence-corrected chi connectivity index (χ3v) is 8.21. The number of aliphatic hydroxyl groups excluding tert-OH is 3. The van der Waals surface area contributed by atoms with E-state index in [2.05, 4.69) is 18.7 Å². The monoisotopic (exact) mass is 547 g/mol. The number of rotatable bonds is 17. The predicted octanol–water partition coefficient (Wildman–Crippen LogP) is 2.32. The summed E-state index contributed by atoms with van der Waals surface area (Å²) in [4.78, 5) is 15.2. The average molecular weight is 548 g/mol. The number of methoxy groups -OCH3 is 1. The Morgan fingerprint density at radius 2 is 1.87 bits per heavy atom. The highest BCUT2D eigenvalue weighted by atomic mass is 16.7. The quantitative estimate of drug-likeness (QED) is 0.184. The molecule has 38 heavy (non-hydrogen) atoms. The van der Waals surface area contributed by atoms with Crippen LogP contribution in [0.4, 0.5) is 0 Å². The normalized spacial score (nSPS) is 31.8. The Bertz CT molecular complexity index is 697. The molecule has 0 radical (unpaired) electrons. The maximum atomic E-state index is 12.8. The van der Waals surface area contributed by atoms with Crippen molar-refractivity contribution in [2.24, 2.45) is 17.8 Å². The van der Waals surface area contributed by atoms with Crippen LogP contribution in [0.2, 0.25) is 0 Å². The summed E-state index contributed by atoms with van der Waals surface area (Å²) in [5, 5.41) is 31.1. The van der Waals surface area contributed by atoms with Crippen molar-refractivity contribution < 1.29 is 43.8 Å². The van der Waals surface area contributed by atoms with Crippen LogP contribution in [-0.4, -0.2) is 109 Å². The topological polar surface area (TPSA) is 127 Å². The molecule has 10 nitrogen and oxygen atoms in total. The van der Waals surface area contributed by atoms with Gasteiger partial charge in [0.05, 0.1) is 43.0 Å². The third kappa shape index (κ3) is 9.66. The lowest BCUT2D eigenvalue weighted by Crippen LogP contribution is -2.53. The van der Waals surface area contributed by atoms with Crippen molar-refractivity contribution in [3.05, 3.63) is 0 Å². The molecule has 0 bridgehead atoms. The average Bonchev–Trinajstić information content (AvgIpc) is 2.89. The van der Waals surface area contributed by atoms with Crippen molar-refractivity contribution in [2.45, 2.75) is 116 Å². The van der Waals surface area contributed by atoms with Gasteiger partial charge in [0, 0.05) is 39.0 Å². The van der Waals surface area contributed by atoms with Crippen LogP contribution in [0.5, 0.6) is 0 Å². The Labute approximate surface area is 228 Å². The van der Waals surface area contributed by atoms with Crippen LogP contribution in [-0.2, 0) is 28.5 Å². The van der Waals surface area contributed by atoms with Crippen LogP contribution < -0.4 is 0 Å². The third-order valence-electron chi connectivity index (χ3n) is 8.21. The molecule has 2 fully saturated rings. The van der Waals surface area contributed by atoms with Gasteiger partial charge in [0.1, 0.15) is 6.10 Å². The van der Waals surface area contributed by atoms with Crippen LogP contribution in [0, 0.1) is 17.8 Å². The van der Waals surface area contributed by atoms with E-state index in [1.165, 1.54) is 7.11 Å². The molecular formula is C28H53NO9. The molecule has 2 heterocycles. The van der Waals surface area contributed by atoms with Crippen LogP contribution in [0.1, 0.15) is 73.6 Å². The minimum Gasteiger partial charge on any atom is -0.436 e. The molecule has 0 aromatic carbocycles. The van der Waals surface area contributed by atoms with E-state index in [0.29, 0.717) is 18.8 Å². The molecule has 0 amide bonds. The summed E-state index contributed by atoms with van der Waals surface area (Å²) in [5.74, 6) is -0.955. The second kappa shape index (κ2) is 15.8. The first-order valence-corrected chi connectivity index (χ1v) is 14.3. The standard InChI is InChI=1S/C28H53NO9/c1-8-11-29(15-21-16-35-20(21)5)12-10-22(30)13-18(3)26(19(4)27(33)37-24(32)9-2)38-25-14-28(6,34-7)23(31)17-36-25/h18-26,30-32H,8-17H2,1-7H3/t18?,19?,20?,21-,22-,23-,24+,25?,26+,28+/m0/s1. The highest BCUT2D eigenvalue weighted by Gasteiger charge is 2.44. The maximum Gasteiger partial charge on any atom is 0.313 e. The summed E-state index contributed by atoms with van der Waals surface area (Å²) in [5.41, 5.74) is -0.843. The van der Waals surface area contributed by atoms with Gasteiger partial charge in [-0.3, -0.25) is 4.79 Å². The van der Waals surface area contributed by atoms with Crippen molar-refractivity contribution in [1.82, 2.24) is 4.90 Å². The van der Waals surface area contributed by atoms with Gasteiger partial charge in [-0.2, -0.15) is 0 Å². The van der Waals surface area contributed by atoms with Crippen molar-refractivity contribution in [3.8, 4) is 0 Å². The van der Waals surface area contributed by atoms with Gasteiger partial charge in [-0.05, 0) is 52.5 Å². The summed E-state index contributed by atoms with van der Waals surface area (Å²) in [6.45, 7) is 15.0. The maximum absolute atomic E-state index is 12.8.